The van der Waals surface area contributed by atoms with Crippen LogP contribution in [0, 0.1) is 18.3 Å². The first-order valence-corrected chi connectivity index (χ1v) is 7.73. The lowest BCUT2D eigenvalue weighted by molar-refractivity contribution is -0.128. The quantitative estimate of drug-likeness (QED) is 0.835. The van der Waals surface area contributed by atoms with E-state index in [2.05, 4.69) is 38.1 Å². The zero-order valence-corrected chi connectivity index (χ0v) is 12.4. The fraction of sp³-hybridized carbons (Fsp3) is 0.611. The predicted molar refractivity (Wildman–Crippen MR) is 79.6 cm³/mol. The average molecular weight is 272 g/mol. The van der Waals surface area contributed by atoms with Gasteiger partial charge in [-0.25, -0.2) is 0 Å². The Bertz CT molecular complexity index is 507. The third-order valence-corrected chi connectivity index (χ3v) is 6.06. The maximum absolute atomic E-state index is 11.3. The minimum absolute atomic E-state index is 0.0338. The molecule has 0 radical (unpaired) electrons. The molecule has 2 nitrogen and oxygen atoms in total. The minimum atomic E-state index is -0.660. The molecule has 0 saturated heterocycles. The molecule has 1 N–H and O–H groups in total. The third-order valence-electron chi connectivity index (χ3n) is 6.06. The summed E-state index contributed by atoms with van der Waals surface area (Å²) in [7, 11) is 0. The molecule has 2 aliphatic carbocycles. The number of hydrogen-bond acceptors (Lipinski definition) is 2. The number of aliphatic hydroxyl groups is 1. The van der Waals surface area contributed by atoms with Gasteiger partial charge in [0, 0.05) is 11.3 Å². The molecule has 1 aromatic carbocycles. The Morgan fingerprint density at radius 1 is 1.20 bits per heavy atom. The highest BCUT2D eigenvalue weighted by Crippen LogP contribution is 2.60. The third kappa shape index (κ3) is 1.93. The molecule has 0 bridgehead atoms. The van der Waals surface area contributed by atoms with E-state index in [1.54, 1.807) is 0 Å². The van der Waals surface area contributed by atoms with E-state index in [-0.39, 0.29) is 11.3 Å². The van der Waals surface area contributed by atoms with Gasteiger partial charge < -0.3 is 9.90 Å². The van der Waals surface area contributed by atoms with Crippen LogP contribution in [0.1, 0.15) is 56.1 Å². The van der Waals surface area contributed by atoms with Crippen molar-refractivity contribution in [2.45, 2.75) is 57.5 Å². The molecule has 1 aromatic rings. The molecule has 2 heteroatoms. The zero-order valence-electron chi connectivity index (χ0n) is 12.4. The molecule has 3 rings (SSSR count). The SMILES string of the molecule is Cc1ccc([C@H]2CC[C@]3(C)[C@@H](C=O)CC[C@]3(O)C2)cc1. The van der Waals surface area contributed by atoms with Gasteiger partial charge in [0.2, 0.25) is 0 Å². The Morgan fingerprint density at radius 3 is 2.55 bits per heavy atom. The van der Waals surface area contributed by atoms with Crippen LogP contribution >= 0.6 is 0 Å². The van der Waals surface area contributed by atoms with Gasteiger partial charge in [0.25, 0.3) is 0 Å². The van der Waals surface area contributed by atoms with E-state index in [4.69, 9.17) is 0 Å². The monoisotopic (exact) mass is 272 g/mol. The summed E-state index contributed by atoms with van der Waals surface area (Å²) in [6, 6.07) is 8.68. The number of benzene rings is 1. The lowest BCUT2D eigenvalue weighted by Crippen LogP contribution is -2.49. The van der Waals surface area contributed by atoms with Crippen LogP contribution in [0.5, 0.6) is 0 Å². The Kier molecular flexibility index (Phi) is 3.24. The van der Waals surface area contributed by atoms with Crippen LogP contribution in [0.25, 0.3) is 0 Å². The van der Waals surface area contributed by atoms with E-state index in [0.717, 1.165) is 38.4 Å². The highest BCUT2D eigenvalue weighted by molar-refractivity contribution is 5.57. The van der Waals surface area contributed by atoms with E-state index >= 15 is 0 Å². The molecule has 2 fully saturated rings. The van der Waals surface area contributed by atoms with Crippen molar-refractivity contribution in [1.29, 1.82) is 0 Å². The van der Waals surface area contributed by atoms with E-state index in [9.17, 15) is 9.90 Å². The molecule has 0 heterocycles. The molecule has 4 atom stereocenters. The zero-order chi connectivity index (χ0) is 14.4. The number of carbonyl (C=O) groups is 1. The molecule has 20 heavy (non-hydrogen) atoms. The number of aryl methyl sites for hydroxylation is 1. The Balaban J connectivity index is 1.85. The standard InChI is InChI=1S/C18H24O2/c1-13-3-5-14(6-4-13)15-7-9-17(2)16(12-19)8-10-18(17,20)11-15/h3-6,12,15-16,20H,7-11H2,1-2H3/t15-,16+,17+,18-/m0/s1. The van der Waals surface area contributed by atoms with Crippen molar-refractivity contribution in [1.82, 2.24) is 0 Å². The van der Waals surface area contributed by atoms with Gasteiger partial charge >= 0.3 is 0 Å². The summed E-state index contributed by atoms with van der Waals surface area (Å²) in [6.45, 7) is 4.21. The van der Waals surface area contributed by atoms with Crippen LogP contribution in [0.4, 0.5) is 0 Å². The summed E-state index contributed by atoms with van der Waals surface area (Å²) in [4.78, 5) is 11.3. The lowest BCUT2D eigenvalue weighted by Gasteiger charge is -2.48. The number of hydrogen-bond donors (Lipinski definition) is 1. The predicted octanol–water partition coefficient (Wildman–Crippen LogP) is 3.61. The summed E-state index contributed by atoms with van der Waals surface area (Å²) in [6.07, 6.45) is 5.52. The minimum Gasteiger partial charge on any atom is -0.389 e. The topological polar surface area (TPSA) is 37.3 Å². The first-order chi connectivity index (χ1) is 9.48. The van der Waals surface area contributed by atoms with E-state index in [1.165, 1.54) is 11.1 Å². The van der Waals surface area contributed by atoms with Crippen molar-refractivity contribution in [3.8, 4) is 0 Å². The summed E-state index contributed by atoms with van der Waals surface area (Å²) in [5, 5.41) is 11.1. The van der Waals surface area contributed by atoms with Gasteiger partial charge in [0.05, 0.1) is 5.60 Å². The molecule has 0 spiro atoms. The molecule has 0 aliphatic heterocycles. The number of rotatable bonds is 2. The average Bonchev–Trinajstić information content (AvgIpc) is 2.70. The van der Waals surface area contributed by atoms with Crippen LogP contribution in [-0.4, -0.2) is 17.0 Å². The van der Waals surface area contributed by atoms with Crippen molar-refractivity contribution in [3.05, 3.63) is 35.4 Å². The van der Waals surface area contributed by atoms with Gasteiger partial charge in [-0.1, -0.05) is 36.8 Å². The van der Waals surface area contributed by atoms with Gasteiger partial charge in [0.15, 0.2) is 0 Å². The number of fused-ring (bicyclic) bond motifs is 1. The molecule has 0 unspecified atom stereocenters. The van der Waals surface area contributed by atoms with Crippen LogP contribution in [0.3, 0.4) is 0 Å². The van der Waals surface area contributed by atoms with Gasteiger partial charge in [0.1, 0.15) is 6.29 Å². The van der Waals surface area contributed by atoms with Gasteiger partial charge in [-0.15, -0.1) is 0 Å². The highest BCUT2D eigenvalue weighted by Gasteiger charge is 2.58. The molecule has 108 valence electrons. The fourth-order valence-electron chi connectivity index (χ4n) is 4.42. The second kappa shape index (κ2) is 4.70. The maximum atomic E-state index is 11.3. The van der Waals surface area contributed by atoms with Gasteiger partial charge in [-0.3, -0.25) is 0 Å². The molecule has 2 saturated carbocycles. The summed E-state index contributed by atoms with van der Waals surface area (Å²) >= 11 is 0. The fourth-order valence-corrected chi connectivity index (χ4v) is 4.42. The Morgan fingerprint density at radius 2 is 1.90 bits per heavy atom. The maximum Gasteiger partial charge on any atom is 0.123 e. The normalized spacial score (nSPS) is 40.4. The molecular weight excluding hydrogens is 248 g/mol. The van der Waals surface area contributed by atoms with Crippen molar-refractivity contribution in [2.75, 3.05) is 0 Å². The molecule has 0 amide bonds. The smallest absolute Gasteiger partial charge is 0.123 e. The van der Waals surface area contributed by atoms with E-state index < -0.39 is 5.60 Å². The first kappa shape index (κ1) is 13.8. The second-order valence-electron chi connectivity index (χ2n) is 7.08. The molecule has 2 aliphatic rings. The van der Waals surface area contributed by atoms with Crippen LogP contribution in [0.2, 0.25) is 0 Å². The van der Waals surface area contributed by atoms with Crippen molar-refractivity contribution in [2.24, 2.45) is 11.3 Å². The summed E-state index contributed by atoms with van der Waals surface area (Å²) in [5.74, 6) is 0.463. The Hall–Kier alpha value is -1.15. The summed E-state index contributed by atoms with van der Waals surface area (Å²) < 4.78 is 0. The number of carbonyl (C=O) groups excluding carboxylic acids is 1. The van der Waals surface area contributed by atoms with Gasteiger partial charge in [-0.05, 0) is 50.5 Å². The van der Waals surface area contributed by atoms with Gasteiger partial charge in [-0.2, -0.15) is 0 Å². The molecule has 0 aromatic heterocycles. The Labute approximate surface area is 121 Å². The van der Waals surface area contributed by atoms with E-state index in [1.807, 2.05) is 0 Å². The first-order valence-electron chi connectivity index (χ1n) is 7.73. The van der Waals surface area contributed by atoms with Crippen LogP contribution < -0.4 is 0 Å². The van der Waals surface area contributed by atoms with Crippen molar-refractivity contribution < 1.29 is 9.90 Å². The molecular formula is C18H24O2. The second-order valence-corrected chi connectivity index (χ2v) is 7.08. The van der Waals surface area contributed by atoms with Crippen molar-refractivity contribution >= 4 is 6.29 Å². The van der Waals surface area contributed by atoms with Crippen molar-refractivity contribution in [3.63, 3.8) is 0 Å². The number of aldehydes is 1. The largest absolute Gasteiger partial charge is 0.389 e. The van der Waals surface area contributed by atoms with E-state index in [0.29, 0.717) is 5.92 Å². The van der Waals surface area contributed by atoms with Crippen LogP contribution in [-0.2, 0) is 4.79 Å². The highest BCUT2D eigenvalue weighted by atomic mass is 16.3. The lowest BCUT2D eigenvalue weighted by atomic mass is 9.59. The van der Waals surface area contributed by atoms with Crippen LogP contribution in [0.15, 0.2) is 24.3 Å². The summed E-state index contributed by atoms with van der Waals surface area (Å²) in [5.41, 5.74) is 1.73.